The lowest BCUT2D eigenvalue weighted by Crippen LogP contribution is -2.62. The van der Waals surface area contributed by atoms with Crippen LogP contribution in [0.5, 0.6) is 0 Å². The summed E-state index contributed by atoms with van der Waals surface area (Å²) in [6.45, 7) is 3.38. The number of piperidine rings is 1. The predicted molar refractivity (Wildman–Crippen MR) is 74.1 cm³/mol. The fourth-order valence-corrected chi connectivity index (χ4v) is 4.69. The maximum Gasteiger partial charge on any atom is 0.246 e. The molecule has 4 heterocycles. The number of fused-ring (bicyclic) bond motifs is 2. The summed E-state index contributed by atoms with van der Waals surface area (Å²) < 4.78 is 0. The minimum absolute atomic E-state index is 0.145. The van der Waals surface area contributed by atoms with Crippen molar-refractivity contribution in [1.29, 1.82) is 0 Å². The number of carbonyl (C=O) groups excluding carboxylic acids is 2. The average Bonchev–Trinajstić information content (AvgIpc) is 3.09. The largest absolute Gasteiger partial charge is 0.329 e. The van der Waals surface area contributed by atoms with Crippen molar-refractivity contribution in [3.63, 3.8) is 0 Å². The second-order valence-corrected chi connectivity index (χ2v) is 6.67. The summed E-state index contributed by atoms with van der Waals surface area (Å²) in [7, 11) is 0. The molecule has 0 aromatic heterocycles. The first-order chi connectivity index (χ1) is 9.75. The highest BCUT2D eigenvalue weighted by molar-refractivity contribution is 5.95. The first kappa shape index (κ1) is 12.6. The fraction of sp³-hybridized carbons (Fsp3) is 0.867. The molecule has 3 atom stereocenters. The van der Waals surface area contributed by atoms with Crippen LogP contribution < -0.4 is 0 Å². The van der Waals surface area contributed by atoms with E-state index in [1.165, 1.54) is 25.8 Å². The minimum Gasteiger partial charge on any atom is -0.329 e. The molecule has 5 nitrogen and oxygen atoms in total. The summed E-state index contributed by atoms with van der Waals surface area (Å²) in [4.78, 5) is 31.3. The van der Waals surface area contributed by atoms with Crippen LogP contribution in [0.15, 0.2) is 0 Å². The van der Waals surface area contributed by atoms with Gasteiger partial charge in [-0.15, -0.1) is 0 Å². The van der Waals surface area contributed by atoms with Gasteiger partial charge in [0.25, 0.3) is 0 Å². The Hall–Kier alpha value is -1.10. The Morgan fingerprint density at radius 1 is 0.800 bits per heavy atom. The van der Waals surface area contributed by atoms with Gasteiger partial charge in [-0.25, -0.2) is 0 Å². The molecule has 0 radical (unpaired) electrons. The first-order valence-corrected chi connectivity index (χ1v) is 8.10. The van der Waals surface area contributed by atoms with E-state index in [0.717, 1.165) is 32.4 Å². The molecule has 0 spiro atoms. The van der Waals surface area contributed by atoms with Gasteiger partial charge in [-0.2, -0.15) is 0 Å². The van der Waals surface area contributed by atoms with E-state index >= 15 is 0 Å². The molecule has 4 aliphatic rings. The van der Waals surface area contributed by atoms with Gasteiger partial charge in [0.05, 0.1) is 0 Å². The summed E-state index contributed by atoms with van der Waals surface area (Å²) >= 11 is 0. The molecule has 20 heavy (non-hydrogen) atoms. The molecule has 0 aromatic rings. The molecule has 0 aromatic carbocycles. The van der Waals surface area contributed by atoms with Gasteiger partial charge in [0.2, 0.25) is 11.8 Å². The zero-order chi connectivity index (χ0) is 13.7. The summed E-state index contributed by atoms with van der Waals surface area (Å²) in [6, 6.07) is 0.650. The quantitative estimate of drug-likeness (QED) is 0.699. The lowest BCUT2D eigenvalue weighted by molar-refractivity contribution is -0.156. The first-order valence-electron chi connectivity index (χ1n) is 8.10. The third kappa shape index (κ3) is 1.79. The minimum atomic E-state index is -0.145. The van der Waals surface area contributed by atoms with E-state index in [4.69, 9.17) is 0 Å². The molecule has 4 rings (SSSR count). The highest BCUT2D eigenvalue weighted by atomic mass is 16.2. The van der Waals surface area contributed by atoms with Gasteiger partial charge in [-0.3, -0.25) is 14.5 Å². The van der Waals surface area contributed by atoms with E-state index < -0.39 is 0 Å². The molecular weight excluding hydrogens is 254 g/mol. The SMILES string of the molecule is O=C1CN(C2CCN3CCCCC23)C(=O)C2CCCN12. The van der Waals surface area contributed by atoms with Gasteiger partial charge in [0.15, 0.2) is 0 Å². The molecule has 2 amide bonds. The number of hydrogen-bond acceptors (Lipinski definition) is 3. The van der Waals surface area contributed by atoms with Crippen molar-refractivity contribution in [3.05, 3.63) is 0 Å². The van der Waals surface area contributed by atoms with Gasteiger partial charge < -0.3 is 9.80 Å². The van der Waals surface area contributed by atoms with Crippen molar-refractivity contribution < 1.29 is 9.59 Å². The smallest absolute Gasteiger partial charge is 0.246 e. The van der Waals surface area contributed by atoms with Crippen LogP contribution in [-0.4, -0.2) is 70.8 Å². The number of nitrogens with zero attached hydrogens (tertiary/aromatic N) is 3. The van der Waals surface area contributed by atoms with Crippen LogP contribution in [0.1, 0.15) is 38.5 Å². The standard InChI is InChI=1S/C15H23N3O2/c19-14-10-18(15(20)13-5-3-8-17(13)14)12-6-9-16-7-2-1-4-11(12)16/h11-13H,1-10H2. The molecule has 4 saturated heterocycles. The number of piperazine rings is 1. The number of hydrogen-bond donors (Lipinski definition) is 0. The average molecular weight is 277 g/mol. The normalized spacial score (nSPS) is 38.3. The Balaban J connectivity index is 1.56. The Kier molecular flexibility index (Phi) is 2.98. The molecule has 4 aliphatic heterocycles. The van der Waals surface area contributed by atoms with Gasteiger partial charge >= 0.3 is 0 Å². The van der Waals surface area contributed by atoms with Crippen molar-refractivity contribution in [2.45, 2.75) is 56.7 Å². The van der Waals surface area contributed by atoms with Crippen molar-refractivity contribution in [3.8, 4) is 0 Å². The molecule has 5 heteroatoms. The third-order valence-electron chi connectivity index (χ3n) is 5.67. The zero-order valence-corrected chi connectivity index (χ0v) is 12.0. The molecule has 0 saturated carbocycles. The third-order valence-corrected chi connectivity index (χ3v) is 5.67. The monoisotopic (exact) mass is 277 g/mol. The van der Waals surface area contributed by atoms with Crippen LogP contribution in [0.25, 0.3) is 0 Å². The van der Waals surface area contributed by atoms with Crippen LogP contribution in [0.2, 0.25) is 0 Å². The van der Waals surface area contributed by atoms with E-state index in [-0.39, 0.29) is 23.9 Å². The predicted octanol–water partition coefficient (Wildman–Crippen LogP) is 0.446. The zero-order valence-electron chi connectivity index (χ0n) is 12.0. The van der Waals surface area contributed by atoms with Gasteiger partial charge in [-0.05, 0) is 38.6 Å². The Labute approximate surface area is 119 Å². The molecule has 3 unspecified atom stereocenters. The second-order valence-electron chi connectivity index (χ2n) is 6.67. The van der Waals surface area contributed by atoms with E-state index in [1.807, 2.05) is 9.80 Å². The van der Waals surface area contributed by atoms with Crippen molar-refractivity contribution in [2.75, 3.05) is 26.2 Å². The van der Waals surface area contributed by atoms with Crippen molar-refractivity contribution in [1.82, 2.24) is 14.7 Å². The van der Waals surface area contributed by atoms with E-state index in [1.54, 1.807) is 0 Å². The second kappa shape index (κ2) is 4.72. The summed E-state index contributed by atoms with van der Waals surface area (Å²) in [5, 5.41) is 0. The highest BCUT2D eigenvalue weighted by Crippen LogP contribution is 2.33. The number of amides is 2. The fourth-order valence-electron chi connectivity index (χ4n) is 4.69. The van der Waals surface area contributed by atoms with E-state index in [9.17, 15) is 9.59 Å². The lowest BCUT2D eigenvalue weighted by Gasteiger charge is -2.43. The maximum absolute atomic E-state index is 12.7. The molecule has 110 valence electrons. The number of carbonyl (C=O) groups is 2. The molecular formula is C15H23N3O2. The summed E-state index contributed by atoms with van der Waals surface area (Å²) in [5.74, 6) is 0.390. The van der Waals surface area contributed by atoms with Gasteiger partial charge in [0.1, 0.15) is 12.6 Å². The molecule has 0 aliphatic carbocycles. The van der Waals surface area contributed by atoms with Gasteiger partial charge in [-0.1, -0.05) is 6.42 Å². The topological polar surface area (TPSA) is 43.9 Å². The molecule has 0 N–H and O–H groups in total. The van der Waals surface area contributed by atoms with Crippen molar-refractivity contribution in [2.24, 2.45) is 0 Å². The molecule has 0 bridgehead atoms. The Bertz CT molecular complexity index is 439. The maximum atomic E-state index is 12.7. The molecule has 4 fully saturated rings. The number of rotatable bonds is 1. The summed E-state index contributed by atoms with van der Waals surface area (Å²) in [6.07, 6.45) is 6.64. The lowest BCUT2D eigenvalue weighted by atomic mass is 9.96. The Morgan fingerprint density at radius 3 is 2.60 bits per heavy atom. The van der Waals surface area contributed by atoms with E-state index in [0.29, 0.717) is 12.6 Å². The van der Waals surface area contributed by atoms with Crippen LogP contribution in [-0.2, 0) is 9.59 Å². The Morgan fingerprint density at radius 2 is 1.70 bits per heavy atom. The van der Waals surface area contributed by atoms with Crippen LogP contribution >= 0.6 is 0 Å². The van der Waals surface area contributed by atoms with Crippen molar-refractivity contribution >= 4 is 11.8 Å². The van der Waals surface area contributed by atoms with Gasteiger partial charge in [0, 0.05) is 25.2 Å². The summed E-state index contributed by atoms with van der Waals surface area (Å²) in [5.41, 5.74) is 0. The van der Waals surface area contributed by atoms with E-state index in [2.05, 4.69) is 4.90 Å². The van der Waals surface area contributed by atoms with Crippen LogP contribution in [0, 0.1) is 0 Å². The van der Waals surface area contributed by atoms with Crippen LogP contribution in [0.3, 0.4) is 0 Å². The highest BCUT2D eigenvalue weighted by Gasteiger charge is 2.48. The van der Waals surface area contributed by atoms with Crippen LogP contribution in [0.4, 0.5) is 0 Å².